The largest absolute Gasteiger partial charge is 0.494 e. The molecule has 0 spiro atoms. The highest BCUT2D eigenvalue weighted by Crippen LogP contribution is 2.30. The van der Waals surface area contributed by atoms with Crippen molar-refractivity contribution in [3.8, 4) is 5.75 Å². The quantitative estimate of drug-likeness (QED) is 0.666. The molecule has 0 saturated carbocycles. The first-order chi connectivity index (χ1) is 14.7. The number of hydrogen-bond donors (Lipinski definition) is 0. The van der Waals surface area contributed by atoms with E-state index in [0.29, 0.717) is 31.7 Å². The van der Waals surface area contributed by atoms with Gasteiger partial charge in [-0.3, -0.25) is 4.79 Å². The van der Waals surface area contributed by atoms with Gasteiger partial charge in [-0.05, 0) is 43.9 Å². The zero-order valence-corrected chi connectivity index (χ0v) is 17.0. The molecule has 2 aromatic heterocycles. The molecule has 8 heteroatoms. The molecule has 1 saturated heterocycles. The third-order valence-corrected chi connectivity index (χ3v) is 6.06. The van der Waals surface area contributed by atoms with Gasteiger partial charge in [0.2, 0.25) is 0 Å². The number of methoxy groups -OCH3 is 1. The van der Waals surface area contributed by atoms with Gasteiger partial charge in [0.1, 0.15) is 5.52 Å². The number of aromatic nitrogens is 3. The van der Waals surface area contributed by atoms with E-state index in [2.05, 4.69) is 9.88 Å². The van der Waals surface area contributed by atoms with E-state index in [9.17, 15) is 9.18 Å². The summed E-state index contributed by atoms with van der Waals surface area (Å²) in [6, 6.07) is 4.35. The van der Waals surface area contributed by atoms with E-state index in [1.165, 1.54) is 43.3 Å². The van der Waals surface area contributed by atoms with E-state index in [1.807, 2.05) is 10.7 Å². The average Bonchev–Trinajstić information content (AvgIpc) is 3.17. The highest BCUT2D eigenvalue weighted by molar-refractivity contribution is 5.94. The van der Waals surface area contributed by atoms with E-state index in [0.717, 1.165) is 24.2 Å². The van der Waals surface area contributed by atoms with Gasteiger partial charge in [-0.1, -0.05) is 0 Å². The zero-order chi connectivity index (χ0) is 20.7. The number of amides is 1. The smallest absolute Gasteiger partial charge is 0.254 e. The van der Waals surface area contributed by atoms with Crippen LogP contribution >= 0.6 is 0 Å². The van der Waals surface area contributed by atoms with Gasteiger partial charge in [-0.2, -0.15) is 5.10 Å². The van der Waals surface area contributed by atoms with Crippen molar-refractivity contribution in [2.24, 2.45) is 0 Å². The second-order valence-corrected chi connectivity index (χ2v) is 7.80. The van der Waals surface area contributed by atoms with Crippen LogP contribution in [0.15, 0.2) is 30.6 Å². The lowest BCUT2D eigenvalue weighted by Gasteiger charge is -2.35. The highest BCUT2D eigenvalue weighted by atomic mass is 19.1. The van der Waals surface area contributed by atoms with Crippen LogP contribution in [-0.4, -0.2) is 58.7 Å². The molecule has 2 aliphatic rings. The number of aryl methyl sites for hydroxylation is 2. The number of halogens is 1. The third-order valence-electron chi connectivity index (χ3n) is 6.06. The molecule has 1 aliphatic carbocycles. The van der Waals surface area contributed by atoms with Crippen LogP contribution in [-0.2, 0) is 12.8 Å². The molecule has 30 heavy (non-hydrogen) atoms. The zero-order valence-electron chi connectivity index (χ0n) is 17.0. The Kier molecular flexibility index (Phi) is 4.77. The normalized spacial score (nSPS) is 16.6. The Balaban J connectivity index is 1.34. The Morgan fingerprint density at radius 3 is 2.70 bits per heavy atom. The highest BCUT2D eigenvalue weighted by Gasteiger charge is 2.27. The molecule has 156 valence electrons. The first-order valence-electron chi connectivity index (χ1n) is 10.4. The topological polar surface area (TPSA) is 63.0 Å². The first-order valence-corrected chi connectivity index (χ1v) is 10.4. The second kappa shape index (κ2) is 7.59. The van der Waals surface area contributed by atoms with Gasteiger partial charge >= 0.3 is 0 Å². The minimum atomic E-state index is -0.525. The fourth-order valence-electron chi connectivity index (χ4n) is 4.48. The lowest BCUT2D eigenvalue weighted by atomic mass is 9.97. The SMILES string of the molecule is COc1ccc(C(=O)N2CCN(c3nccn4nc5c(c34)CCCC5)CC2)cc1F. The van der Waals surface area contributed by atoms with Crippen molar-refractivity contribution in [3.63, 3.8) is 0 Å². The minimum absolute atomic E-state index is 0.139. The molecule has 1 aliphatic heterocycles. The van der Waals surface area contributed by atoms with Crippen molar-refractivity contribution < 1.29 is 13.9 Å². The Labute approximate surface area is 174 Å². The van der Waals surface area contributed by atoms with Crippen LogP contribution in [0.3, 0.4) is 0 Å². The standard InChI is InChI=1S/C22H24FN5O2/c1-30-19-7-6-15(14-17(19)23)22(29)27-12-10-26(11-13-27)21-20-16-4-2-3-5-18(16)25-28(20)9-8-24-21/h6-9,14H,2-5,10-13H2,1H3. The van der Waals surface area contributed by atoms with Gasteiger partial charge in [0, 0.05) is 49.7 Å². The lowest BCUT2D eigenvalue weighted by Crippen LogP contribution is -2.49. The predicted octanol–water partition coefficient (Wildman–Crippen LogP) is 2.72. The number of nitrogens with zero attached hydrogens (tertiary/aromatic N) is 5. The van der Waals surface area contributed by atoms with E-state index in [1.54, 1.807) is 17.2 Å². The number of carbonyl (C=O) groups excluding carboxylic acids is 1. The molecule has 0 atom stereocenters. The van der Waals surface area contributed by atoms with Gasteiger partial charge in [0.25, 0.3) is 5.91 Å². The molecular formula is C22H24FN5O2. The van der Waals surface area contributed by atoms with E-state index in [-0.39, 0.29) is 11.7 Å². The van der Waals surface area contributed by atoms with Gasteiger partial charge in [0.05, 0.1) is 12.8 Å². The maximum Gasteiger partial charge on any atom is 0.254 e. The summed E-state index contributed by atoms with van der Waals surface area (Å²) in [7, 11) is 1.41. The van der Waals surface area contributed by atoms with E-state index < -0.39 is 5.82 Å². The molecule has 7 nitrogen and oxygen atoms in total. The first kappa shape index (κ1) is 18.8. The van der Waals surface area contributed by atoms with Crippen molar-refractivity contribution in [3.05, 3.63) is 53.2 Å². The Hall–Kier alpha value is -3.16. The van der Waals surface area contributed by atoms with Crippen LogP contribution in [0.1, 0.15) is 34.5 Å². The summed E-state index contributed by atoms with van der Waals surface area (Å²) < 4.78 is 20.9. The molecular weight excluding hydrogens is 385 g/mol. The molecule has 5 rings (SSSR count). The summed E-state index contributed by atoms with van der Waals surface area (Å²) in [4.78, 5) is 21.5. The van der Waals surface area contributed by atoms with Crippen LogP contribution in [0.25, 0.3) is 5.52 Å². The summed E-state index contributed by atoms with van der Waals surface area (Å²) in [6.45, 7) is 2.48. The van der Waals surface area contributed by atoms with Crippen molar-refractivity contribution in [1.82, 2.24) is 19.5 Å². The molecule has 0 bridgehead atoms. The van der Waals surface area contributed by atoms with Crippen molar-refractivity contribution in [2.75, 3.05) is 38.2 Å². The number of piperazine rings is 1. The summed E-state index contributed by atoms with van der Waals surface area (Å²) in [5.74, 6) is 0.392. The van der Waals surface area contributed by atoms with Crippen molar-refractivity contribution in [2.45, 2.75) is 25.7 Å². The maximum absolute atomic E-state index is 14.0. The fourth-order valence-corrected chi connectivity index (χ4v) is 4.48. The van der Waals surface area contributed by atoms with Crippen LogP contribution in [0.5, 0.6) is 5.75 Å². The monoisotopic (exact) mass is 409 g/mol. The second-order valence-electron chi connectivity index (χ2n) is 7.80. The Morgan fingerprint density at radius 1 is 1.13 bits per heavy atom. The maximum atomic E-state index is 14.0. The number of rotatable bonds is 3. The number of anilines is 1. The summed E-state index contributed by atoms with van der Waals surface area (Å²) in [5.41, 5.74) is 3.94. The summed E-state index contributed by atoms with van der Waals surface area (Å²) in [6.07, 6.45) is 8.14. The van der Waals surface area contributed by atoms with Crippen LogP contribution in [0, 0.1) is 5.82 Å². The summed E-state index contributed by atoms with van der Waals surface area (Å²) >= 11 is 0. The van der Waals surface area contributed by atoms with Crippen LogP contribution < -0.4 is 9.64 Å². The molecule has 0 N–H and O–H groups in total. The Bertz CT molecular complexity index is 1100. The van der Waals surface area contributed by atoms with Crippen LogP contribution in [0.4, 0.5) is 10.2 Å². The average molecular weight is 409 g/mol. The van der Waals surface area contributed by atoms with Crippen LogP contribution in [0.2, 0.25) is 0 Å². The molecule has 3 heterocycles. The number of benzene rings is 1. The van der Waals surface area contributed by atoms with E-state index >= 15 is 0 Å². The fraction of sp³-hybridized carbons (Fsp3) is 0.409. The summed E-state index contributed by atoms with van der Waals surface area (Å²) in [5, 5.41) is 4.75. The van der Waals surface area contributed by atoms with E-state index in [4.69, 9.17) is 9.84 Å². The number of carbonyl (C=O) groups is 1. The minimum Gasteiger partial charge on any atom is -0.494 e. The number of ether oxygens (including phenoxy) is 1. The van der Waals surface area contributed by atoms with Crippen molar-refractivity contribution >= 4 is 17.2 Å². The number of fused-ring (bicyclic) bond motifs is 3. The molecule has 3 aromatic rings. The van der Waals surface area contributed by atoms with Gasteiger partial charge in [-0.25, -0.2) is 13.9 Å². The predicted molar refractivity (Wildman–Crippen MR) is 111 cm³/mol. The molecule has 1 amide bonds. The Morgan fingerprint density at radius 2 is 1.93 bits per heavy atom. The lowest BCUT2D eigenvalue weighted by molar-refractivity contribution is 0.0746. The molecule has 0 unspecified atom stereocenters. The number of hydrogen-bond acceptors (Lipinski definition) is 5. The van der Waals surface area contributed by atoms with Gasteiger partial charge < -0.3 is 14.5 Å². The molecule has 0 radical (unpaired) electrons. The molecule has 1 aromatic carbocycles. The van der Waals surface area contributed by atoms with Gasteiger partial charge in [0.15, 0.2) is 17.4 Å². The molecule has 1 fully saturated rings. The van der Waals surface area contributed by atoms with Gasteiger partial charge in [-0.15, -0.1) is 0 Å². The van der Waals surface area contributed by atoms with Crippen molar-refractivity contribution in [1.29, 1.82) is 0 Å². The third kappa shape index (κ3) is 3.16.